The van der Waals surface area contributed by atoms with Crippen molar-refractivity contribution in [3.8, 4) is 0 Å². The maximum atomic E-state index is 13.4. The molecule has 3 aliphatic carbocycles. The molecule has 4 aliphatic rings. The standard InChI is InChI=1S/C29H49NO3/c1-19(2)8-7-9-20(3)22-10-11-23-26-24(13-15-28(22,23)4)29(5)14-12-21(32-17-16-30-6)18-25(29)27(31)33-26/h19-23,25,30H,7-18H2,1-6H3/t20-,21+,22-,23+,25-,28-,29-/m1/s1. The number of hydrogen-bond donors (Lipinski definition) is 1. The molecule has 0 saturated heterocycles. The molecular weight excluding hydrogens is 410 g/mol. The summed E-state index contributed by atoms with van der Waals surface area (Å²) in [4.78, 5) is 13.4. The molecule has 2 saturated carbocycles. The lowest BCUT2D eigenvalue weighted by atomic mass is 9.54. The Balaban J connectivity index is 1.49. The predicted molar refractivity (Wildman–Crippen MR) is 134 cm³/mol. The van der Waals surface area contributed by atoms with Gasteiger partial charge in [0.1, 0.15) is 5.76 Å². The number of nitrogens with one attached hydrogen (secondary N) is 1. The van der Waals surface area contributed by atoms with Crippen LogP contribution in [0, 0.1) is 40.4 Å². The maximum absolute atomic E-state index is 13.4. The first-order valence-electron chi connectivity index (χ1n) is 13.9. The molecule has 0 aromatic heterocycles. The SMILES string of the molecule is CNCCO[C@H]1CC[C@]2(C)C3=C(OC(=O)[C@H]2C1)[C@@H]1CC[C@H]([C@H](C)CCCC(C)C)[C@@]1(C)CC3. The van der Waals surface area contributed by atoms with Gasteiger partial charge in [0.15, 0.2) is 0 Å². The lowest BCUT2D eigenvalue weighted by Gasteiger charge is -2.53. The van der Waals surface area contributed by atoms with E-state index in [4.69, 9.17) is 9.47 Å². The van der Waals surface area contributed by atoms with Crippen LogP contribution in [0.5, 0.6) is 0 Å². The Kier molecular flexibility index (Phi) is 7.65. The van der Waals surface area contributed by atoms with E-state index in [0.29, 0.717) is 12.5 Å². The highest BCUT2D eigenvalue weighted by molar-refractivity contribution is 5.77. The van der Waals surface area contributed by atoms with Crippen LogP contribution in [-0.4, -0.2) is 32.3 Å². The molecule has 1 heterocycles. The fourth-order valence-corrected chi connectivity index (χ4v) is 8.12. The number of allylic oxidation sites excluding steroid dienone is 2. The van der Waals surface area contributed by atoms with Crippen molar-refractivity contribution >= 4 is 5.97 Å². The fraction of sp³-hybridized carbons (Fsp3) is 0.897. The van der Waals surface area contributed by atoms with Crippen LogP contribution in [0.1, 0.15) is 98.8 Å². The zero-order valence-electron chi connectivity index (χ0n) is 22.2. The molecule has 4 nitrogen and oxygen atoms in total. The predicted octanol–water partition coefficient (Wildman–Crippen LogP) is 6.50. The van der Waals surface area contributed by atoms with E-state index in [0.717, 1.165) is 55.7 Å². The van der Waals surface area contributed by atoms with Gasteiger partial charge in [-0.1, -0.05) is 53.9 Å². The van der Waals surface area contributed by atoms with E-state index in [2.05, 4.69) is 39.9 Å². The minimum Gasteiger partial charge on any atom is -0.431 e. The second kappa shape index (κ2) is 10.0. The van der Waals surface area contributed by atoms with Gasteiger partial charge in [-0.15, -0.1) is 0 Å². The maximum Gasteiger partial charge on any atom is 0.315 e. The van der Waals surface area contributed by atoms with Gasteiger partial charge in [0.25, 0.3) is 0 Å². The molecule has 0 aromatic rings. The summed E-state index contributed by atoms with van der Waals surface area (Å²) in [5.41, 5.74) is 1.75. The van der Waals surface area contributed by atoms with Crippen molar-refractivity contribution in [2.45, 2.75) is 105 Å². The topological polar surface area (TPSA) is 47.6 Å². The van der Waals surface area contributed by atoms with Gasteiger partial charge in [-0.2, -0.15) is 0 Å². The molecule has 4 rings (SSSR count). The highest BCUT2D eigenvalue weighted by atomic mass is 16.5. The molecule has 0 radical (unpaired) electrons. The smallest absolute Gasteiger partial charge is 0.315 e. The van der Waals surface area contributed by atoms with Crippen molar-refractivity contribution in [2.75, 3.05) is 20.2 Å². The molecule has 1 aliphatic heterocycles. The van der Waals surface area contributed by atoms with Gasteiger partial charge in [0, 0.05) is 17.9 Å². The first-order valence-corrected chi connectivity index (χ1v) is 13.9. The molecular formula is C29H49NO3. The van der Waals surface area contributed by atoms with Crippen LogP contribution in [0.25, 0.3) is 0 Å². The zero-order chi connectivity index (χ0) is 23.8. The van der Waals surface area contributed by atoms with Gasteiger partial charge in [-0.25, -0.2) is 0 Å². The molecule has 0 spiro atoms. The lowest BCUT2D eigenvalue weighted by molar-refractivity contribution is -0.160. The summed E-state index contributed by atoms with van der Waals surface area (Å²) < 4.78 is 12.4. The first-order chi connectivity index (χ1) is 15.7. The Hall–Kier alpha value is -0.870. The molecule has 188 valence electrons. The molecule has 0 unspecified atom stereocenters. The van der Waals surface area contributed by atoms with E-state index >= 15 is 0 Å². The van der Waals surface area contributed by atoms with E-state index in [1.54, 1.807) is 0 Å². The van der Waals surface area contributed by atoms with Crippen molar-refractivity contribution in [3.63, 3.8) is 0 Å². The number of rotatable bonds is 9. The van der Waals surface area contributed by atoms with Crippen LogP contribution in [0.15, 0.2) is 11.3 Å². The number of likely N-dealkylation sites (N-methyl/N-ethyl adjacent to an activating group) is 1. The van der Waals surface area contributed by atoms with E-state index in [-0.39, 0.29) is 28.8 Å². The molecule has 4 heteroatoms. The van der Waals surface area contributed by atoms with Crippen LogP contribution < -0.4 is 5.32 Å². The summed E-state index contributed by atoms with van der Waals surface area (Å²) in [6, 6.07) is 0. The second-order valence-corrected chi connectivity index (χ2v) is 12.6. The Morgan fingerprint density at radius 3 is 2.61 bits per heavy atom. The average Bonchev–Trinajstić information content (AvgIpc) is 3.12. The monoisotopic (exact) mass is 459 g/mol. The summed E-state index contributed by atoms with van der Waals surface area (Å²) in [6.07, 6.45) is 12.0. The number of carbonyl (C=O) groups is 1. The van der Waals surface area contributed by atoms with Gasteiger partial charge in [0.05, 0.1) is 18.6 Å². The largest absolute Gasteiger partial charge is 0.431 e. The fourth-order valence-electron chi connectivity index (χ4n) is 8.12. The minimum absolute atomic E-state index is 0.0239. The van der Waals surface area contributed by atoms with Crippen LogP contribution in [0.2, 0.25) is 0 Å². The minimum atomic E-state index is -0.0406. The Morgan fingerprint density at radius 2 is 1.88 bits per heavy atom. The molecule has 0 aromatic carbocycles. The highest BCUT2D eigenvalue weighted by Crippen LogP contribution is 2.65. The van der Waals surface area contributed by atoms with Crippen molar-refractivity contribution in [3.05, 3.63) is 11.3 Å². The summed E-state index contributed by atoms with van der Waals surface area (Å²) in [6.45, 7) is 13.6. The normalized spacial score (nSPS) is 39.2. The third-order valence-corrected chi connectivity index (χ3v) is 10.2. The number of hydrogen-bond acceptors (Lipinski definition) is 4. The number of fused-ring (bicyclic) bond motifs is 4. The van der Waals surface area contributed by atoms with Gasteiger partial charge in [-0.05, 0) is 80.7 Å². The quantitative estimate of drug-likeness (QED) is 0.316. The average molecular weight is 460 g/mol. The van der Waals surface area contributed by atoms with Crippen LogP contribution in [0.3, 0.4) is 0 Å². The van der Waals surface area contributed by atoms with E-state index in [1.165, 1.54) is 44.1 Å². The molecule has 7 atom stereocenters. The second-order valence-electron chi connectivity index (χ2n) is 12.6. The molecule has 0 bridgehead atoms. The number of esters is 1. The van der Waals surface area contributed by atoms with Crippen LogP contribution in [-0.2, 0) is 14.3 Å². The Morgan fingerprint density at radius 1 is 1.09 bits per heavy atom. The first kappa shape index (κ1) is 25.2. The molecule has 2 fully saturated rings. The lowest BCUT2D eigenvalue weighted by Crippen LogP contribution is -2.50. The van der Waals surface area contributed by atoms with E-state index in [1.807, 2.05) is 7.05 Å². The van der Waals surface area contributed by atoms with Crippen molar-refractivity contribution in [1.29, 1.82) is 0 Å². The van der Waals surface area contributed by atoms with Crippen LogP contribution in [0.4, 0.5) is 0 Å². The van der Waals surface area contributed by atoms with Gasteiger partial charge >= 0.3 is 5.97 Å². The molecule has 0 amide bonds. The van der Waals surface area contributed by atoms with E-state index in [9.17, 15) is 4.79 Å². The number of carbonyl (C=O) groups excluding carboxylic acids is 1. The van der Waals surface area contributed by atoms with Gasteiger partial charge in [0.2, 0.25) is 0 Å². The number of ether oxygens (including phenoxy) is 2. The third kappa shape index (κ3) is 4.68. The Labute approximate surface area is 202 Å². The van der Waals surface area contributed by atoms with Gasteiger partial charge in [-0.3, -0.25) is 4.79 Å². The summed E-state index contributed by atoms with van der Waals surface area (Å²) in [5, 5.41) is 3.15. The third-order valence-electron chi connectivity index (χ3n) is 10.2. The van der Waals surface area contributed by atoms with Crippen LogP contribution >= 0.6 is 0 Å². The summed E-state index contributed by atoms with van der Waals surface area (Å²) in [7, 11) is 1.95. The molecule has 1 N–H and O–H groups in total. The van der Waals surface area contributed by atoms with Crippen molar-refractivity contribution in [1.82, 2.24) is 5.32 Å². The highest BCUT2D eigenvalue weighted by Gasteiger charge is 2.59. The van der Waals surface area contributed by atoms with Crippen molar-refractivity contribution < 1.29 is 14.3 Å². The zero-order valence-corrected chi connectivity index (χ0v) is 22.2. The van der Waals surface area contributed by atoms with E-state index < -0.39 is 0 Å². The van der Waals surface area contributed by atoms with Crippen molar-refractivity contribution in [2.24, 2.45) is 40.4 Å². The summed E-state index contributed by atoms with van der Waals surface area (Å²) >= 11 is 0. The molecule has 33 heavy (non-hydrogen) atoms. The summed E-state index contributed by atoms with van der Waals surface area (Å²) in [5.74, 6) is 3.84. The Bertz CT molecular complexity index is 745. The van der Waals surface area contributed by atoms with Gasteiger partial charge < -0.3 is 14.8 Å².